The van der Waals surface area contributed by atoms with Crippen molar-refractivity contribution in [2.45, 2.75) is 127 Å². The van der Waals surface area contributed by atoms with E-state index in [1.807, 2.05) is 0 Å². The first-order chi connectivity index (χ1) is 16.6. The van der Waals surface area contributed by atoms with Gasteiger partial charge in [-0.3, -0.25) is 0 Å². The molecule has 0 N–H and O–H groups in total. The second-order valence-electron chi connectivity index (χ2n) is 13.0. The molecule has 0 saturated carbocycles. The predicted octanol–water partition coefficient (Wildman–Crippen LogP) is 10.3. The molecule has 0 aromatic carbocycles. The summed E-state index contributed by atoms with van der Waals surface area (Å²) in [6.45, 7) is 5.90. The van der Waals surface area contributed by atoms with Crippen LogP contribution in [0.5, 0.6) is 0 Å². The zero-order valence-electron chi connectivity index (χ0n) is 24.2. The van der Waals surface area contributed by atoms with Crippen molar-refractivity contribution in [3.05, 3.63) is 12.1 Å². The third kappa shape index (κ3) is 8.39. The van der Waals surface area contributed by atoms with E-state index < -0.39 is 36.8 Å². The van der Waals surface area contributed by atoms with Gasteiger partial charge in [0.2, 0.25) is 0 Å². The number of hydrogen-bond donors (Lipinski definition) is 0. The fraction of sp³-hybridized carbons (Fsp3) is 0.733. The summed E-state index contributed by atoms with van der Waals surface area (Å²) in [6.07, 6.45) is 16.9. The molecule has 5 heteroatoms. The topological polar surface area (TPSA) is 4.93 Å². The Morgan fingerprint density at radius 1 is 0.629 bits per heavy atom. The molecule has 0 aliphatic heterocycles. The van der Waals surface area contributed by atoms with E-state index >= 15 is 0 Å². The molecule has 0 aliphatic carbocycles. The van der Waals surface area contributed by atoms with Crippen LogP contribution in [0.3, 0.4) is 0 Å². The molecule has 3 heterocycles. The normalized spacial score (nSPS) is 13.9. The van der Waals surface area contributed by atoms with E-state index in [1.165, 1.54) is 83.6 Å². The molecule has 1 nitrogen and oxygen atoms in total. The number of rotatable bonds is 16. The van der Waals surface area contributed by atoms with Gasteiger partial charge in [0.05, 0.1) is 0 Å². The molecule has 0 saturated heterocycles. The van der Waals surface area contributed by atoms with Gasteiger partial charge in [-0.1, -0.05) is 13.3 Å². The van der Waals surface area contributed by atoms with Crippen molar-refractivity contribution in [3.63, 3.8) is 0 Å². The zero-order valence-corrected chi connectivity index (χ0v) is 31.5. The van der Waals surface area contributed by atoms with E-state index in [0.29, 0.717) is 0 Å². The standard InChI is InChI=1S/C24H35NS2.6CH3.2Sn/c1-3-5-7-9-10-12-14-20(13-11-8-6-4-2)19-25-21-15-17-26-23(21)24-22(25)16-18-27-24;;;;;;;;/h15-16,20H,3-14,19H2,1-2H3;6*1H3;;. The third-order valence-corrected chi connectivity index (χ3v) is 28.8. The Morgan fingerprint density at radius 2 is 1.03 bits per heavy atom. The average molecular weight is 729 g/mol. The number of unbranched alkanes of at least 4 members (excludes halogenated alkanes) is 8. The van der Waals surface area contributed by atoms with E-state index in [4.69, 9.17) is 0 Å². The molecule has 0 fully saturated rings. The first-order valence-electron chi connectivity index (χ1n) is 14.6. The average Bonchev–Trinajstić information content (AvgIpc) is 3.45. The third-order valence-electron chi connectivity index (χ3n) is 7.56. The van der Waals surface area contributed by atoms with Gasteiger partial charge >= 0.3 is 222 Å². The van der Waals surface area contributed by atoms with Crippen molar-refractivity contribution in [1.82, 2.24) is 4.57 Å². The van der Waals surface area contributed by atoms with Crippen LogP contribution in [0.2, 0.25) is 29.6 Å². The fourth-order valence-corrected chi connectivity index (χ4v) is 18.0. The van der Waals surface area contributed by atoms with Crippen LogP contribution in [0.1, 0.15) is 90.9 Å². The van der Waals surface area contributed by atoms with Gasteiger partial charge in [0, 0.05) is 0 Å². The molecule has 0 amide bonds. The van der Waals surface area contributed by atoms with Gasteiger partial charge in [-0.2, -0.15) is 0 Å². The summed E-state index contributed by atoms with van der Waals surface area (Å²) >= 11 is 0.156. The Morgan fingerprint density at radius 3 is 1.46 bits per heavy atom. The van der Waals surface area contributed by atoms with Crippen molar-refractivity contribution < 1.29 is 0 Å². The number of hydrogen-bond acceptors (Lipinski definition) is 2. The van der Waals surface area contributed by atoms with Crippen LogP contribution < -0.4 is 5.79 Å². The van der Waals surface area contributed by atoms with Crippen LogP contribution in [0.25, 0.3) is 20.4 Å². The van der Waals surface area contributed by atoms with Gasteiger partial charge in [-0.05, 0) is 0 Å². The maximum absolute atomic E-state index is 2.81. The Balaban J connectivity index is 1.90. The summed E-state index contributed by atoms with van der Waals surface area (Å²) in [5.41, 5.74) is 3.16. The summed E-state index contributed by atoms with van der Waals surface area (Å²) < 4.78 is 9.56. The monoisotopic (exact) mass is 731 g/mol. The van der Waals surface area contributed by atoms with Crippen molar-refractivity contribution in [2.24, 2.45) is 5.92 Å². The Kier molecular flexibility index (Phi) is 11.9. The fourth-order valence-electron chi connectivity index (χ4n) is 5.21. The Bertz CT molecular complexity index is 979. The van der Waals surface area contributed by atoms with Crippen molar-refractivity contribution >= 4 is 85.6 Å². The first-order valence-corrected chi connectivity index (χ1v) is 36.2. The van der Waals surface area contributed by atoms with E-state index in [-0.39, 0.29) is 0 Å². The molecule has 1 unspecified atom stereocenters. The molecule has 3 aromatic rings. The maximum atomic E-state index is 2.81. The Labute approximate surface area is 233 Å². The first kappa shape index (κ1) is 30.3. The number of aromatic nitrogens is 1. The predicted molar refractivity (Wildman–Crippen MR) is 171 cm³/mol. The van der Waals surface area contributed by atoms with E-state index in [2.05, 4.69) is 82.9 Å². The van der Waals surface area contributed by atoms with Crippen LogP contribution >= 0.6 is 22.7 Å². The van der Waals surface area contributed by atoms with Crippen molar-refractivity contribution in [3.8, 4) is 0 Å². The van der Waals surface area contributed by atoms with E-state index in [1.54, 1.807) is 26.2 Å². The molecule has 0 bridgehead atoms. The molecule has 198 valence electrons. The molecule has 3 rings (SSSR count). The summed E-state index contributed by atoms with van der Waals surface area (Å²) in [5, 5.41) is 0. The van der Waals surface area contributed by atoms with Gasteiger partial charge in [0.25, 0.3) is 0 Å². The SMILES string of the molecule is CCCCCCCCC(CCCCCC)Cn1c2c[c]([Sn]([CH3])([CH3])[CH3])sc2c2s[c]([Sn]([CH3])([CH3])[CH3])cc21. The molecule has 3 aromatic heterocycles. The number of nitrogens with zero attached hydrogens (tertiary/aromatic N) is 1. The van der Waals surface area contributed by atoms with E-state index in [0.717, 1.165) is 5.92 Å². The van der Waals surface area contributed by atoms with Crippen LogP contribution in [0, 0.1) is 5.92 Å². The molecular formula is C30H53NS2Sn2. The van der Waals surface area contributed by atoms with Gasteiger partial charge < -0.3 is 0 Å². The number of fused-ring (bicyclic) bond motifs is 3. The summed E-state index contributed by atoms with van der Waals surface area (Å²) in [7, 11) is 0. The summed E-state index contributed by atoms with van der Waals surface area (Å²) in [5.74, 6) is 0.833. The number of thiophene rings is 2. The van der Waals surface area contributed by atoms with Gasteiger partial charge in [0.1, 0.15) is 0 Å². The molecule has 0 spiro atoms. The van der Waals surface area contributed by atoms with Gasteiger partial charge in [0.15, 0.2) is 0 Å². The minimum absolute atomic E-state index is 0.833. The van der Waals surface area contributed by atoms with Crippen LogP contribution in [0.15, 0.2) is 12.1 Å². The van der Waals surface area contributed by atoms with Gasteiger partial charge in [-0.15, -0.1) is 0 Å². The molecule has 0 aliphatic rings. The van der Waals surface area contributed by atoms with Crippen molar-refractivity contribution in [1.29, 1.82) is 0 Å². The van der Waals surface area contributed by atoms with Crippen LogP contribution in [-0.4, -0.2) is 41.3 Å². The van der Waals surface area contributed by atoms with Crippen LogP contribution in [0.4, 0.5) is 0 Å². The summed E-state index contributed by atoms with van der Waals surface area (Å²) in [6, 6.07) is 5.28. The second kappa shape index (κ2) is 13.7. The second-order valence-corrected chi connectivity index (χ2v) is 46.0. The zero-order chi connectivity index (χ0) is 25.6. The summed E-state index contributed by atoms with van der Waals surface area (Å²) in [4.78, 5) is 15.5. The molecule has 35 heavy (non-hydrogen) atoms. The molecule has 1 atom stereocenters. The van der Waals surface area contributed by atoms with Gasteiger partial charge in [-0.25, -0.2) is 0 Å². The molecular weight excluding hydrogens is 676 g/mol. The van der Waals surface area contributed by atoms with E-state index in [9.17, 15) is 0 Å². The minimum atomic E-state index is -2.09. The van der Waals surface area contributed by atoms with Crippen LogP contribution in [-0.2, 0) is 6.54 Å². The quantitative estimate of drug-likeness (QED) is 0.102. The molecule has 0 radical (unpaired) electrons. The Hall–Kier alpha value is 0.797. The van der Waals surface area contributed by atoms with Crippen molar-refractivity contribution in [2.75, 3.05) is 0 Å².